The number of rotatable bonds is 11. The number of alkyl halides is 4. The molecule has 0 radical (unpaired) electrons. The highest BCUT2D eigenvalue weighted by molar-refractivity contribution is 6.33. The van der Waals surface area contributed by atoms with E-state index in [9.17, 15) is 27.2 Å². The van der Waals surface area contributed by atoms with E-state index >= 15 is 0 Å². The molecule has 1 saturated heterocycles. The molecule has 2 aliphatic rings. The lowest BCUT2D eigenvalue weighted by Gasteiger charge is -2.35. The number of halogens is 5. The second-order valence-corrected chi connectivity index (χ2v) is 14.0. The molecular weight excluding hydrogens is 680 g/mol. The molecule has 0 unspecified atom stereocenters. The molecule has 2 fully saturated rings. The second kappa shape index (κ2) is 13.4. The van der Waals surface area contributed by atoms with E-state index in [0.29, 0.717) is 37.1 Å². The molecule has 4 aromatic rings. The third-order valence-electron chi connectivity index (χ3n) is 8.53. The number of aromatic nitrogens is 4. The van der Waals surface area contributed by atoms with Gasteiger partial charge in [0.25, 0.3) is 5.91 Å². The summed E-state index contributed by atoms with van der Waals surface area (Å²) in [5.41, 5.74) is 0.562. The fourth-order valence-electron chi connectivity index (χ4n) is 6.11. The highest BCUT2D eigenvalue weighted by Gasteiger charge is 2.54. The number of hydrogen-bond acceptors (Lipinski definition) is 6. The molecule has 6 rings (SSSR count). The summed E-state index contributed by atoms with van der Waals surface area (Å²) in [6.07, 6.45) is 5.89. The quantitative estimate of drug-likeness (QED) is 0.138. The molecule has 11 nitrogen and oxygen atoms in total. The van der Waals surface area contributed by atoms with E-state index in [2.05, 4.69) is 20.7 Å². The van der Waals surface area contributed by atoms with Gasteiger partial charge < -0.3 is 15.4 Å². The average Bonchev–Trinajstić information content (AvgIpc) is 3.42. The number of nitrogens with one attached hydrogen (secondary N) is 3. The van der Waals surface area contributed by atoms with Crippen molar-refractivity contribution in [3.63, 3.8) is 0 Å². The van der Waals surface area contributed by atoms with Gasteiger partial charge in [-0.1, -0.05) is 62.7 Å². The predicted octanol–water partition coefficient (Wildman–Crippen LogP) is 7.49. The van der Waals surface area contributed by atoms with Gasteiger partial charge in [-0.15, -0.1) is 0 Å². The Morgan fingerprint density at radius 2 is 1.82 bits per heavy atom. The van der Waals surface area contributed by atoms with E-state index in [0.717, 1.165) is 25.4 Å². The van der Waals surface area contributed by atoms with Crippen molar-refractivity contribution in [1.82, 2.24) is 34.9 Å². The first-order valence-electron chi connectivity index (χ1n) is 15.8. The molecule has 0 bridgehead atoms. The molecule has 50 heavy (non-hydrogen) atoms. The van der Waals surface area contributed by atoms with Gasteiger partial charge >= 0.3 is 19.2 Å². The Hall–Kier alpha value is -4.92. The van der Waals surface area contributed by atoms with Crippen molar-refractivity contribution < 1.29 is 31.9 Å². The minimum Gasteiger partial charge on any atom is -0.447 e. The maximum absolute atomic E-state index is 14.8. The zero-order valence-electron chi connectivity index (χ0n) is 27.3. The average molecular weight is 715 g/mol. The Bertz CT molecular complexity index is 1900. The van der Waals surface area contributed by atoms with Crippen molar-refractivity contribution in [3.05, 3.63) is 83.5 Å². The number of carbonyl (C=O) groups is 2. The lowest BCUT2D eigenvalue weighted by Crippen LogP contribution is -2.47. The van der Waals surface area contributed by atoms with Crippen LogP contribution in [0.25, 0.3) is 22.4 Å². The van der Waals surface area contributed by atoms with Gasteiger partial charge in [0.05, 0.1) is 29.3 Å². The summed E-state index contributed by atoms with van der Waals surface area (Å²) in [4.78, 5) is 32.8. The van der Waals surface area contributed by atoms with Gasteiger partial charge in [0, 0.05) is 29.6 Å². The monoisotopic (exact) mass is 714 g/mol. The molecule has 1 saturated carbocycles. The van der Waals surface area contributed by atoms with Crippen LogP contribution < -0.4 is 10.6 Å². The summed E-state index contributed by atoms with van der Waals surface area (Å²) >= 11 is 6.50. The van der Waals surface area contributed by atoms with Crippen molar-refractivity contribution in [2.75, 3.05) is 6.61 Å². The number of nitrogens with zero attached hydrogens (tertiary/aromatic N) is 5. The van der Waals surface area contributed by atoms with E-state index in [1.165, 1.54) is 23.4 Å². The summed E-state index contributed by atoms with van der Waals surface area (Å²) in [6, 6.07) is 10.5. The Morgan fingerprint density at radius 1 is 1.10 bits per heavy atom. The number of alkyl carbamates (subject to hydrolysis) is 1. The van der Waals surface area contributed by atoms with E-state index in [-0.39, 0.29) is 35.7 Å². The van der Waals surface area contributed by atoms with Crippen LogP contribution in [0.5, 0.6) is 0 Å². The van der Waals surface area contributed by atoms with Crippen LogP contribution in [0, 0.1) is 10.8 Å². The third-order valence-corrected chi connectivity index (χ3v) is 8.86. The molecular formula is C34H35ClF4N8O3. The van der Waals surface area contributed by atoms with E-state index in [1.807, 2.05) is 20.8 Å². The molecule has 264 valence electrons. The van der Waals surface area contributed by atoms with Gasteiger partial charge in [-0.05, 0) is 53.5 Å². The van der Waals surface area contributed by atoms with Gasteiger partial charge in [0.2, 0.25) is 0 Å². The number of ether oxygens (including phenoxy) is 1. The maximum Gasteiger partial charge on any atom is 0.407 e. The van der Waals surface area contributed by atoms with E-state index < -0.39 is 42.1 Å². The third kappa shape index (κ3) is 7.18. The standard InChI is InChI=1S/C34H35ClF4N8O3/c1-33(2,3)17-34(22-7-4-19(5-8-22)21-13-42-46(14-21)30(38)39)28(48)47(31(40)44-34)27(16-50-32(49)43-23-9-10-23)20-6-11-25(35)24(12-20)26-15-45(18-41-26)29(36)37/h4-8,11-15,18,23,27,29-30H,9-10,16-17H2,1-3H3,(H2,40,44)(H,43,49)/t27-,34-/m1/s1. The van der Waals surface area contributed by atoms with Gasteiger partial charge in [-0.2, -0.15) is 22.7 Å². The predicted molar refractivity (Wildman–Crippen MR) is 177 cm³/mol. The zero-order chi connectivity index (χ0) is 36.0. The molecule has 2 atom stereocenters. The summed E-state index contributed by atoms with van der Waals surface area (Å²) in [7, 11) is 0. The Morgan fingerprint density at radius 3 is 2.42 bits per heavy atom. The van der Waals surface area contributed by atoms with E-state index in [4.69, 9.17) is 21.7 Å². The normalized spacial score (nSPS) is 18.6. The Balaban J connectivity index is 1.38. The first-order chi connectivity index (χ1) is 23.6. The number of hydrogen-bond donors (Lipinski definition) is 3. The van der Waals surface area contributed by atoms with Crippen LogP contribution in [0.4, 0.5) is 22.4 Å². The lowest BCUT2D eigenvalue weighted by atomic mass is 9.75. The summed E-state index contributed by atoms with van der Waals surface area (Å²) in [5.74, 6) is -0.749. The van der Waals surface area contributed by atoms with Gasteiger partial charge in [0.15, 0.2) is 5.96 Å². The molecule has 16 heteroatoms. The molecule has 1 aliphatic heterocycles. The first-order valence-corrected chi connectivity index (χ1v) is 16.2. The molecule has 3 heterocycles. The smallest absolute Gasteiger partial charge is 0.407 e. The van der Waals surface area contributed by atoms with Crippen molar-refractivity contribution in [2.45, 2.75) is 70.8 Å². The molecule has 3 N–H and O–H groups in total. The number of carbonyl (C=O) groups excluding carboxylic acids is 2. The van der Waals surface area contributed by atoms with Crippen LogP contribution in [0.1, 0.15) is 70.3 Å². The highest BCUT2D eigenvalue weighted by atomic mass is 35.5. The van der Waals surface area contributed by atoms with E-state index in [1.54, 1.807) is 36.4 Å². The highest BCUT2D eigenvalue weighted by Crippen LogP contribution is 2.43. The Kier molecular flexibility index (Phi) is 9.37. The number of guanidine groups is 1. The summed E-state index contributed by atoms with van der Waals surface area (Å²) in [5, 5.41) is 18.9. The van der Waals surface area contributed by atoms with Crippen LogP contribution in [0.3, 0.4) is 0 Å². The van der Waals surface area contributed by atoms with Gasteiger partial charge in [-0.25, -0.2) is 14.5 Å². The minimum absolute atomic E-state index is 0.00790. The first kappa shape index (κ1) is 34.9. The van der Waals surface area contributed by atoms with Crippen molar-refractivity contribution in [3.8, 4) is 22.4 Å². The SMILES string of the molecule is CC(C)(C)C[C@]1(c2ccc(-c3cnn(C(F)F)c3)cc2)NC(=N)N([C@H](COC(=O)NC2CC2)c2ccc(Cl)c(-c3cn(C(F)F)cn3)c2)C1=O. The lowest BCUT2D eigenvalue weighted by molar-refractivity contribution is -0.134. The molecule has 0 spiro atoms. The van der Waals surface area contributed by atoms with Gasteiger partial charge in [-0.3, -0.25) is 19.7 Å². The zero-order valence-corrected chi connectivity index (χ0v) is 28.1. The van der Waals surface area contributed by atoms with Crippen molar-refractivity contribution in [2.24, 2.45) is 5.41 Å². The van der Waals surface area contributed by atoms with Crippen LogP contribution in [0.2, 0.25) is 5.02 Å². The summed E-state index contributed by atoms with van der Waals surface area (Å²) < 4.78 is 59.8. The fourth-order valence-corrected chi connectivity index (χ4v) is 6.33. The number of imidazole rings is 1. The molecule has 2 aromatic carbocycles. The largest absolute Gasteiger partial charge is 0.447 e. The number of amides is 2. The van der Waals surface area contributed by atoms with Crippen LogP contribution in [0.15, 0.2) is 67.4 Å². The number of benzene rings is 2. The second-order valence-electron chi connectivity index (χ2n) is 13.6. The van der Waals surface area contributed by atoms with Crippen LogP contribution in [-0.2, 0) is 15.1 Å². The fraction of sp³-hybridized carbons (Fsp3) is 0.382. The minimum atomic E-state index is -2.82. The topological polar surface area (TPSA) is 130 Å². The molecule has 1 aliphatic carbocycles. The maximum atomic E-state index is 14.8. The Labute approximate surface area is 290 Å². The van der Waals surface area contributed by atoms with Crippen molar-refractivity contribution in [1.29, 1.82) is 5.41 Å². The molecule has 2 amide bonds. The summed E-state index contributed by atoms with van der Waals surface area (Å²) in [6.45, 7) is -0.0985. The van der Waals surface area contributed by atoms with Gasteiger partial charge in [0.1, 0.15) is 12.1 Å². The van der Waals surface area contributed by atoms with Crippen LogP contribution >= 0.6 is 11.6 Å². The van der Waals surface area contributed by atoms with Crippen molar-refractivity contribution >= 4 is 29.6 Å². The van der Waals surface area contributed by atoms with Crippen LogP contribution in [-0.4, -0.2) is 54.8 Å². The molecule has 2 aromatic heterocycles.